The Hall–Kier alpha value is -5.26. The zero-order valence-corrected chi connectivity index (χ0v) is 29.8. The Morgan fingerprint density at radius 1 is 0.943 bits per heavy atom. The summed E-state index contributed by atoms with van der Waals surface area (Å²) in [5.74, 6) is -4.52. The van der Waals surface area contributed by atoms with Gasteiger partial charge >= 0.3 is 20.8 Å². The lowest BCUT2D eigenvalue weighted by Gasteiger charge is -2.26. The van der Waals surface area contributed by atoms with Crippen LogP contribution in [0.25, 0.3) is 16.8 Å². The molecule has 1 unspecified atom stereocenters. The van der Waals surface area contributed by atoms with E-state index in [9.17, 15) is 26.9 Å². The Bertz CT molecular complexity index is 2200. The van der Waals surface area contributed by atoms with Gasteiger partial charge in [0.05, 0.1) is 32.7 Å². The third-order valence-corrected chi connectivity index (χ3v) is 9.23. The molecule has 0 N–H and O–H groups in total. The van der Waals surface area contributed by atoms with Gasteiger partial charge in [0.25, 0.3) is 0 Å². The van der Waals surface area contributed by atoms with Gasteiger partial charge in [0.2, 0.25) is 0 Å². The second kappa shape index (κ2) is 16.2. The minimum atomic E-state index is -3.42. The number of aromatic nitrogens is 1. The molecule has 3 aromatic carbocycles. The number of carbonyl (C=O) groups excluding carboxylic acids is 2. The average Bonchev–Trinajstić information content (AvgIpc) is 3.70. The summed E-state index contributed by atoms with van der Waals surface area (Å²) in [5.41, 5.74) is 2.32. The van der Waals surface area contributed by atoms with Crippen molar-refractivity contribution in [1.29, 1.82) is 0 Å². The van der Waals surface area contributed by atoms with Crippen molar-refractivity contribution in [2.45, 2.75) is 13.8 Å². The van der Waals surface area contributed by atoms with Crippen molar-refractivity contribution >= 4 is 66.8 Å². The van der Waals surface area contributed by atoms with E-state index in [2.05, 4.69) is 4.99 Å². The molecule has 0 amide bonds. The van der Waals surface area contributed by atoms with Crippen LogP contribution in [0.3, 0.4) is 0 Å². The molecule has 1 aromatic heterocycles. The highest BCUT2D eigenvalue weighted by Crippen LogP contribution is 2.39. The van der Waals surface area contributed by atoms with Gasteiger partial charge in [-0.2, -0.15) is 0 Å². The number of hydrogen-bond donors (Lipinski definition) is 0. The minimum absolute atomic E-state index is 0.00421. The lowest BCUT2D eigenvalue weighted by Crippen LogP contribution is -2.36. The second-order valence-electron chi connectivity index (χ2n) is 11.7. The predicted octanol–water partition coefficient (Wildman–Crippen LogP) is 9.56. The molecule has 6 rings (SSSR count). The number of Topliss-reactive ketones (excluding diaryl/α,β-unsaturated/α-hetero) is 1. The molecule has 2 aliphatic rings. The largest absolute Gasteiger partial charge is 0.796 e. The highest BCUT2D eigenvalue weighted by atomic mass is 35.5. The molecule has 2 aliphatic heterocycles. The van der Waals surface area contributed by atoms with Crippen molar-refractivity contribution in [2.75, 3.05) is 18.0 Å². The van der Waals surface area contributed by atoms with E-state index in [1.54, 1.807) is 66.7 Å². The Morgan fingerprint density at radius 2 is 1.60 bits per heavy atom. The molecule has 4 aromatic rings. The van der Waals surface area contributed by atoms with Gasteiger partial charge in [0.15, 0.2) is 11.7 Å². The molecule has 53 heavy (non-hydrogen) atoms. The number of ketones is 1. The normalized spacial score (nSPS) is 16.6. The molecule has 0 bridgehead atoms. The Morgan fingerprint density at radius 3 is 2.23 bits per heavy atom. The monoisotopic (exact) mass is 759 g/mol. The molecule has 268 valence electrons. The first-order chi connectivity index (χ1) is 25.5. The van der Waals surface area contributed by atoms with Crippen LogP contribution >= 0.6 is 23.2 Å². The second-order valence-corrected chi connectivity index (χ2v) is 12.5. The maximum absolute atomic E-state index is 15.0. The molecule has 0 spiro atoms. The van der Waals surface area contributed by atoms with Gasteiger partial charge in [0, 0.05) is 41.7 Å². The van der Waals surface area contributed by atoms with Crippen LogP contribution in [0.4, 0.5) is 23.0 Å². The van der Waals surface area contributed by atoms with Crippen molar-refractivity contribution in [2.24, 2.45) is 10.9 Å². The highest BCUT2D eigenvalue weighted by Gasteiger charge is 2.42. The van der Waals surface area contributed by atoms with Gasteiger partial charge in [-0.1, -0.05) is 96.0 Å². The number of halogens is 6. The number of ether oxygens (including phenoxy) is 1. The molecule has 0 saturated heterocycles. The van der Waals surface area contributed by atoms with Crippen LogP contribution in [0, 0.1) is 5.92 Å². The fraction of sp³-hybridized carbons (Fsp3) is 0.132. The minimum Gasteiger partial charge on any atom is -0.507 e. The van der Waals surface area contributed by atoms with Gasteiger partial charge < -0.3 is 18.8 Å². The standard InChI is InChI=1S/C38H29B2Cl2F4N3O4/c1-3-48(4-2)25-18-19-27-33(20-25)52-38(51)34(37(27)50)32(53-40(45)46)17-11-16-26(30-21-28(41)35(47-30)23-12-7-5-8-13-23)31-22-29(42)36(49(31)39(43)44)24-14-9-6-10-15-24/h5-22,34H,3-4H2,1-2H3/b16-11+,30-26-,32-17-. The summed E-state index contributed by atoms with van der Waals surface area (Å²) < 4.78 is 68.5. The number of esters is 1. The zero-order valence-electron chi connectivity index (χ0n) is 28.3. The summed E-state index contributed by atoms with van der Waals surface area (Å²) in [7, 11) is -6.50. The molecule has 0 radical (unpaired) electrons. The van der Waals surface area contributed by atoms with E-state index in [4.69, 9.17) is 32.6 Å². The Balaban J connectivity index is 1.47. The quantitative estimate of drug-likeness (QED) is 0.0274. The van der Waals surface area contributed by atoms with Crippen LogP contribution in [0.1, 0.15) is 35.5 Å². The lowest BCUT2D eigenvalue weighted by molar-refractivity contribution is -0.137. The first kappa shape index (κ1) is 37.5. The number of aliphatic imine (C=N–C) groups is 1. The maximum atomic E-state index is 15.0. The van der Waals surface area contributed by atoms with Gasteiger partial charge in [-0.3, -0.25) is 18.2 Å². The Labute approximate surface area is 313 Å². The molecule has 0 fully saturated rings. The molecular weight excluding hydrogens is 731 g/mol. The first-order valence-electron chi connectivity index (χ1n) is 16.5. The molecular formula is C38H29B2Cl2F4N3O4. The fourth-order valence-electron chi connectivity index (χ4n) is 6.21. The molecule has 15 heteroatoms. The summed E-state index contributed by atoms with van der Waals surface area (Å²) in [5, 5.41) is 0.228. The molecule has 7 nitrogen and oxygen atoms in total. The number of anilines is 1. The van der Waals surface area contributed by atoms with Crippen LogP contribution in [0.5, 0.6) is 5.75 Å². The van der Waals surface area contributed by atoms with Crippen molar-refractivity contribution in [3.63, 3.8) is 0 Å². The van der Waals surface area contributed by atoms with E-state index >= 15 is 0 Å². The number of benzene rings is 3. The molecule has 0 saturated carbocycles. The topological polar surface area (TPSA) is 73.1 Å². The number of nitrogens with zero attached hydrogens (tertiary/aromatic N) is 3. The van der Waals surface area contributed by atoms with E-state index in [1.165, 1.54) is 30.4 Å². The molecule has 1 atom stereocenters. The fourth-order valence-corrected chi connectivity index (χ4v) is 6.77. The first-order valence-corrected chi connectivity index (χ1v) is 17.3. The van der Waals surface area contributed by atoms with Crippen molar-refractivity contribution < 1.29 is 36.2 Å². The number of carbonyl (C=O) groups is 2. The molecule has 0 aliphatic carbocycles. The van der Waals surface area contributed by atoms with Crippen molar-refractivity contribution in [3.05, 3.63) is 148 Å². The predicted molar refractivity (Wildman–Crippen MR) is 202 cm³/mol. The number of fused-ring (bicyclic) bond motifs is 1. The summed E-state index contributed by atoms with van der Waals surface area (Å²) in [6, 6.07) is 23.3. The van der Waals surface area contributed by atoms with E-state index in [0.29, 0.717) is 35.6 Å². The summed E-state index contributed by atoms with van der Waals surface area (Å²) >= 11 is 13.2. The zero-order chi connectivity index (χ0) is 37.8. The van der Waals surface area contributed by atoms with Gasteiger partial charge in [-0.25, -0.2) is 13.6 Å². The third kappa shape index (κ3) is 7.77. The summed E-state index contributed by atoms with van der Waals surface area (Å²) in [6.07, 6.45) is 4.97. The van der Waals surface area contributed by atoms with Gasteiger partial charge in [0.1, 0.15) is 11.5 Å². The number of hydrogen-bond acceptors (Lipinski definition) is 6. The number of rotatable bonds is 12. The van der Waals surface area contributed by atoms with Crippen molar-refractivity contribution in [1.82, 2.24) is 4.48 Å². The average molecular weight is 760 g/mol. The van der Waals surface area contributed by atoms with Crippen LogP contribution in [0.2, 0.25) is 5.02 Å². The number of allylic oxidation sites excluding steroid dienone is 6. The van der Waals surface area contributed by atoms with Gasteiger partial charge in [-0.05, 0) is 49.8 Å². The van der Waals surface area contributed by atoms with Crippen LogP contribution < -0.4 is 9.64 Å². The lowest BCUT2D eigenvalue weighted by atomic mass is 9.91. The molecule has 3 heterocycles. The SMILES string of the molecule is CCN(CC)c1ccc2c(c1)OC(=O)C(/C(=C/C=C/C(=C1\C=C(Cl)C(c3ccccc3)=N1)c1cc(Cl)c(-c3ccccc3)n1B(F)F)OB(F)F)C2=O. The van der Waals surface area contributed by atoms with Gasteiger partial charge in [-0.15, -0.1) is 0 Å². The summed E-state index contributed by atoms with van der Waals surface area (Å²) in [6.45, 7) is 5.19. The highest BCUT2D eigenvalue weighted by molar-refractivity contribution is 6.47. The van der Waals surface area contributed by atoms with Crippen LogP contribution in [-0.4, -0.2) is 49.9 Å². The third-order valence-electron chi connectivity index (χ3n) is 8.65. The van der Waals surface area contributed by atoms with Crippen molar-refractivity contribution in [3.8, 4) is 17.0 Å². The van der Waals surface area contributed by atoms with Crippen LogP contribution in [0.15, 0.2) is 131 Å². The van der Waals surface area contributed by atoms with Crippen LogP contribution in [-0.2, 0) is 9.45 Å². The smallest absolute Gasteiger partial charge is 0.507 e. The van der Waals surface area contributed by atoms with E-state index < -0.39 is 38.3 Å². The van der Waals surface area contributed by atoms with E-state index in [-0.39, 0.29) is 44.0 Å². The Kier molecular flexibility index (Phi) is 11.4. The van der Waals surface area contributed by atoms with E-state index in [1.807, 2.05) is 24.8 Å². The van der Waals surface area contributed by atoms with E-state index in [0.717, 1.165) is 10.6 Å². The summed E-state index contributed by atoms with van der Waals surface area (Å²) in [4.78, 5) is 33.5. The maximum Gasteiger partial charge on any atom is 0.796 e.